The van der Waals surface area contributed by atoms with Crippen LogP contribution < -0.4 is 9.47 Å². The Balaban J connectivity index is 1.74. The predicted molar refractivity (Wildman–Crippen MR) is 80.8 cm³/mol. The highest BCUT2D eigenvalue weighted by Gasteiger charge is 2.18. The first-order valence-electron chi connectivity index (χ1n) is 6.25. The molecule has 3 rings (SSSR count). The fourth-order valence-electron chi connectivity index (χ4n) is 1.95. The average Bonchev–Trinajstić information content (AvgIpc) is 2.91. The molecule has 0 unspecified atom stereocenters. The van der Waals surface area contributed by atoms with Gasteiger partial charge in [-0.2, -0.15) is 0 Å². The number of rotatable bonds is 3. The van der Waals surface area contributed by atoms with Crippen LogP contribution in [0, 0.1) is 5.82 Å². The lowest BCUT2D eigenvalue weighted by molar-refractivity contribution is 0.0466. The van der Waals surface area contributed by atoms with Gasteiger partial charge in [0, 0.05) is 15.1 Å². The van der Waals surface area contributed by atoms with Crippen molar-refractivity contribution in [3.8, 4) is 11.5 Å². The summed E-state index contributed by atoms with van der Waals surface area (Å²) in [5, 5.41) is 0.215. The molecule has 22 heavy (non-hydrogen) atoms. The second kappa shape index (κ2) is 6.14. The quantitative estimate of drug-likeness (QED) is 0.736. The Labute approximate surface area is 138 Å². The third-order valence-corrected chi connectivity index (χ3v) is 4.02. The summed E-state index contributed by atoms with van der Waals surface area (Å²) in [5.41, 5.74) is 0.522. The Bertz CT molecular complexity index is 751. The van der Waals surface area contributed by atoms with E-state index in [1.807, 2.05) is 0 Å². The molecule has 0 N–H and O–H groups in total. The zero-order valence-electron chi connectivity index (χ0n) is 11.1. The fraction of sp³-hybridized carbons (Fsp3) is 0.133. The lowest BCUT2D eigenvalue weighted by Crippen LogP contribution is -2.07. The molecule has 2 aromatic rings. The number of carbonyl (C=O) groups is 1. The maximum atomic E-state index is 13.7. The second-order valence-electron chi connectivity index (χ2n) is 4.50. The SMILES string of the molecule is O=C(OCc1cc2c(cc1Br)OCO2)c1ccc(Cl)cc1F. The molecule has 0 aromatic heterocycles. The van der Waals surface area contributed by atoms with Gasteiger partial charge in [-0.25, -0.2) is 9.18 Å². The normalized spacial score (nSPS) is 12.3. The van der Waals surface area contributed by atoms with Gasteiger partial charge in [-0.05, 0) is 30.3 Å². The van der Waals surface area contributed by atoms with Crippen LogP contribution >= 0.6 is 27.5 Å². The first-order valence-corrected chi connectivity index (χ1v) is 7.42. The van der Waals surface area contributed by atoms with Crippen LogP contribution in [0.5, 0.6) is 11.5 Å². The van der Waals surface area contributed by atoms with Crippen LogP contribution in [0.4, 0.5) is 4.39 Å². The standard InChI is InChI=1S/C15H9BrClFO4/c16-11-5-14-13(21-7-22-14)3-8(11)6-20-15(19)10-2-1-9(17)4-12(10)18/h1-5H,6-7H2. The molecule has 1 aliphatic heterocycles. The van der Waals surface area contributed by atoms with E-state index in [0.717, 1.165) is 6.07 Å². The molecule has 0 bridgehead atoms. The number of halogens is 3. The summed E-state index contributed by atoms with van der Waals surface area (Å²) in [6.45, 7) is 0.124. The van der Waals surface area contributed by atoms with Crippen LogP contribution in [-0.4, -0.2) is 12.8 Å². The summed E-state index contributed by atoms with van der Waals surface area (Å²) in [6, 6.07) is 7.22. The van der Waals surface area contributed by atoms with Gasteiger partial charge in [0.25, 0.3) is 0 Å². The smallest absolute Gasteiger partial charge is 0.341 e. The maximum Gasteiger partial charge on any atom is 0.341 e. The highest BCUT2D eigenvalue weighted by molar-refractivity contribution is 9.10. The molecule has 2 aromatic carbocycles. The number of fused-ring (bicyclic) bond motifs is 1. The molecule has 0 saturated heterocycles. The number of benzene rings is 2. The van der Waals surface area contributed by atoms with Crippen LogP contribution in [0.1, 0.15) is 15.9 Å². The Morgan fingerprint density at radius 2 is 2.00 bits per heavy atom. The van der Waals surface area contributed by atoms with Gasteiger partial charge in [0.15, 0.2) is 11.5 Å². The van der Waals surface area contributed by atoms with Crippen molar-refractivity contribution >= 4 is 33.5 Å². The highest BCUT2D eigenvalue weighted by atomic mass is 79.9. The van der Waals surface area contributed by atoms with E-state index in [9.17, 15) is 9.18 Å². The molecule has 0 radical (unpaired) electrons. The van der Waals surface area contributed by atoms with Gasteiger partial charge in [-0.3, -0.25) is 0 Å². The monoisotopic (exact) mass is 386 g/mol. The molecule has 7 heteroatoms. The zero-order chi connectivity index (χ0) is 15.7. The number of hydrogen-bond donors (Lipinski definition) is 0. The van der Waals surface area contributed by atoms with Gasteiger partial charge in [-0.15, -0.1) is 0 Å². The van der Waals surface area contributed by atoms with Crippen molar-refractivity contribution in [2.24, 2.45) is 0 Å². The number of ether oxygens (including phenoxy) is 3. The molecular formula is C15H9BrClFO4. The first kappa shape index (κ1) is 15.1. The van der Waals surface area contributed by atoms with Crippen molar-refractivity contribution in [2.45, 2.75) is 6.61 Å². The third-order valence-electron chi connectivity index (χ3n) is 3.05. The predicted octanol–water partition coefficient (Wildman–Crippen LogP) is 4.33. The molecule has 0 amide bonds. The summed E-state index contributed by atoms with van der Waals surface area (Å²) in [7, 11) is 0. The molecule has 0 saturated carbocycles. The van der Waals surface area contributed by atoms with Crippen molar-refractivity contribution in [1.29, 1.82) is 0 Å². The molecule has 0 atom stereocenters. The zero-order valence-corrected chi connectivity index (χ0v) is 13.4. The van der Waals surface area contributed by atoms with Crippen LogP contribution in [0.15, 0.2) is 34.8 Å². The molecule has 0 spiro atoms. The van der Waals surface area contributed by atoms with Crippen LogP contribution in [-0.2, 0) is 11.3 Å². The summed E-state index contributed by atoms with van der Waals surface area (Å²) in [5.74, 6) is -0.293. The summed E-state index contributed by atoms with van der Waals surface area (Å²) >= 11 is 9.01. The van der Waals surface area contributed by atoms with Crippen molar-refractivity contribution in [1.82, 2.24) is 0 Å². The molecule has 114 valence electrons. The Morgan fingerprint density at radius 3 is 2.73 bits per heavy atom. The molecule has 1 aliphatic rings. The van der Waals surface area contributed by atoms with Gasteiger partial charge >= 0.3 is 5.97 Å². The van der Waals surface area contributed by atoms with E-state index in [1.54, 1.807) is 12.1 Å². The van der Waals surface area contributed by atoms with Gasteiger partial charge in [-0.1, -0.05) is 27.5 Å². The van der Waals surface area contributed by atoms with E-state index in [1.165, 1.54) is 12.1 Å². The van der Waals surface area contributed by atoms with E-state index >= 15 is 0 Å². The van der Waals surface area contributed by atoms with Crippen molar-refractivity contribution in [2.75, 3.05) is 6.79 Å². The van der Waals surface area contributed by atoms with Gasteiger partial charge in [0.1, 0.15) is 12.4 Å². The minimum Gasteiger partial charge on any atom is -0.457 e. The third kappa shape index (κ3) is 3.03. The van der Waals surface area contributed by atoms with Gasteiger partial charge < -0.3 is 14.2 Å². The van der Waals surface area contributed by atoms with Crippen molar-refractivity contribution in [3.63, 3.8) is 0 Å². The lowest BCUT2D eigenvalue weighted by atomic mass is 10.2. The summed E-state index contributed by atoms with van der Waals surface area (Å²) in [6.07, 6.45) is 0. The lowest BCUT2D eigenvalue weighted by Gasteiger charge is -2.08. The van der Waals surface area contributed by atoms with Crippen molar-refractivity contribution in [3.05, 3.63) is 56.8 Å². The van der Waals surface area contributed by atoms with E-state index in [2.05, 4.69) is 15.9 Å². The number of esters is 1. The van der Waals surface area contributed by atoms with E-state index in [4.69, 9.17) is 25.8 Å². The number of carbonyl (C=O) groups excluding carboxylic acids is 1. The maximum absolute atomic E-state index is 13.7. The first-order chi connectivity index (χ1) is 10.5. The van der Waals surface area contributed by atoms with Crippen molar-refractivity contribution < 1.29 is 23.4 Å². The molecule has 0 aliphatic carbocycles. The topological polar surface area (TPSA) is 44.8 Å². The highest BCUT2D eigenvalue weighted by Crippen LogP contribution is 2.37. The Kier molecular flexibility index (Phi) is 4.22. The summed E-state index contributed by atoms with van der Waals surface area (Å²) < 4.78 is 30.0. The van der Waals surface area contributed by atoms with E-state index < -0.39 is 11.8 Å². The van der Waals surface area contributed by atoms with E-state index in [0.29, 0.717) is 21.5 Å². The van der Waals surface area contributed by atoms with Crippen LogP contribution in [0.25, 0.3) is 0 Å². The fourth-order valence-corrected chi connectivity index (χ4v) is 2.54. The second-order valence-corrected chi connectivity index (χ2v) is 5.79. The summed E-state index contributed by atoms with van der Waals surface area (Å²) in [4.78, 5) is 11.9. The van der Waals surface area contributed by atoms with E-state index in [-0.39, 0.29) is 24.0 Å². The van der Waals surface area contributed by atoms with Crippen LogP contribution in [0.2, 0.25) is 5.02 Å². The van der Waals surface area contributed by atoms with Gasteiger partial charge in [0.05, 0.1) is 5.56 Å². The molecule has 4 nitrogen and oxygen atoms in total. The Morgan fingerprint density at radius 1 is 1.27 bits per heavy atom. The minimum absolute atomic E-state index is 0.0296. The largest absolute Gasteiger partial charge is 0.457 e. The average molecular weight is 388 g/mol. The molecular weight excluding hydrogens is 379 g/mol. The minimum atomic E-state index is -0.765. The Hall–Kier alpha value is -1.79. The molecule has 1 heterocycles. The number of hydrogen-bond acceptors (Lipinski definition) is 4. The van der Waals surface area contributed by atoms with Gasteiger partial charge in [0.2, 0.25) is 6.79 Å². The van der Waals surface area contributed by atoms with Crippen LogP contribution in [0.3, 0.4) is 0 Å². The molecule has 0 fully saturated rings.